The van der Waals surface area contributed by atoms with Crippen LogP contribution in [0.2, 0.25) is 0 Å². The molecule has 0 saturated carbocycles. The van der Waals surface area contributed by atoms with Gasteiger partial charge in [-0.1, -0.05) is 12.1 Å². The molecule has 3 nitrogen and oxygen atoms in total. The van der Waals surface area contributed by atoms with Gasteiger partial charge in [0.15, 0.2) is 0 Å². The Bertz CT molecular complexity index is 557. The second-order valence-corrected chi connectivity index (χ2v) is 4.54. The number of hydrogen-bond acceptors (Lipinski definition) is 2. The maximum absolute atomic E-state index is 9.55. The molecule has 88 valence electrons. The third-order valence-corrected chi connectivity index (χ3v) is 3.44. The van der Waals surface area contributed by atoms with E-state index in [4.69, 9.17) is 0 Å². The van der Waals surface area contributed by atoms with Crippen LogP contribution in [0.25, 0.3) is 11.3 Å². The molecule has 0 radical (unpaired) electrons. The van der Waals surface area contributed by atoms with Gasteiger partial charge in [-0.15, -0.1) is 0 Å². The molecule has 2 N–H and O–H groups in total. The second-order valence-electron chi connectivity index (χ2n) is 4.54. The Hall–Kier alpha value is -1.74. The lowest BCUT2D eigenvalue weighted by Crippen LogP contribution is -2.24. The molecule has 2 aromatic rings. The van der Waals surface area contributed by atoms with Crippen LogP contribution >= 0.6 is 0 Å². The van der Waals surface area contributed by atoms with Gasteiger partial charge in [-0.3, -0.25) is 0 Å². The van der Waals surface area contributed by atoms with E-state index in [0.717, 1.165) is 25.1 Å². The average Bonchev–Trinajstić information content (AvgIpc) is 2.68. The van der Waals surface area contributed by atoms with Gasteiger partial charge in [0.2, 0.25) is 0 Å². The predicted octanol–water partition coefficient (Wildman–Crippen LogP) is 2.04. The zero-order valence-corrected chi connectivity index (χ0v) is 9.90. The van der Waals surface area contributed by atoms with Crippen molar-refractivity contribution in [1.29, 1.82) is 0 Å². The molecule has 0 unspecified atom stereocenters. The van der Waals surface area contributed by atoms with Crippen LogP contribution < -0.4 is 5.32 Å². The Morgan fingerprint density at radius 3 is 2.94 bits per heavy atom. The quantitative estimate of drug-likeness (QED) is 0.783. The highest BCUT2D eigenvalue weighted by atomic mass is 16.3. The van der Waals surface area contributed by atoms with Crippen LogP contribution in [0.4, 0.5) is 0 Å². The summed E-state index contributed by atoms with van der Waals surface area (Å²) < 4.78 is 2.24. The maximum Gasteiger partial charge on any atom is 0.116 e. The molecule has 0 spiro atoms. The molecule has 3 heteroatoms. The van der Waals surface area contributed by atoms with Gasteiger partial charge in [0, 0.05) is 43.5 Å². The Labute approximate surface area is 101 Å². The van der Waals surface area contributed by atoms with E-state index in [2.05, 4.69) is 23.0 Å². The molecule has 17 heavy (non-hydrogen) atoms. The van der Waals surface area contributed by atoms with Gasteiger partial charge in [0.25, 0.3) is 0 Å². The monoisotopic (exact) mass is 228 g/mol. The number of fused-ring (bicyclic) bond motifs is 1. The molecule has 2 heterocycles. The van der Waals surface area contributed by atoms with Crippen molar-refractivity contribution in [3.63, 3.8) is 0 Å². The number of aromatic nitrogens is 1. The Morgan fingerprint density at radius 2 is 2.18 bits per heavy atom. The maximum atomic E-state index is 9.55. The van der Waals surface area contributed by atoms with Crippen molar-refractivity contribution in [2.45, 2.75) is 13.0 Å². The van der Waals surface area contributed by atoms with E-state index in [-0.39, 0.29) is 0 Å². The third kappa shape index (κ3) is 1.72. The zero-order chi connectivity index (χ0) is 11.8. The molecule has 0 atom stereocenters. The average molecular weight is 228 g/mol. The molecule has 0 aliphatic carbocycles. The number of nitrogens with zero attached hydrogens (tertiary/aromatic N) is 1. The van der Waals surface area contributed by atoms with Crippen LogP contribution in [0.15, 0.2) is 30.3 Å². The van der Waals surface area contributed by atoms with Crippen LogP contribution in [-0.4, -0.2) is 16.2 Å². The minimum atomic E-state index is 0.319. The van der Waals surface area contributed by atoms with Gasteiger partial charge in [0.05, 0.1) is 0 Å². The van der Waals surface area contributed by atoms with Gasteiger partial charge in [-0.2, -0.15) is 0 Å². The first-order chi connectivity index (χ1) is 8.25. The van der Waals surface area contributed by atoms with Gasteiger partial charge in [-0.05, 0) is 23.8 Å². The number of aromatic hydroxyl groups is 1. The molecule has 1 aromatic heterocycles. The molecular weight excluding hydrogens is 212 g/mol. The number of rotatable bonds is 1. The molecule has 0 saturated heterocycles. The van der Waals surface area contributed by atoms with Gasteiger partial charge in [0.1, 0.15) is 5.75 Å². The van der Waals surface area contributed by atoms with Crippen molar-refractivity contribution in [2.75, 3.05) is 6.54 Å². The number of benzene rings is 1. The number of phenols is 1. The predicted molar refractivity (Wildman–Crippen MR) is 67.9 cm³/mol. The van der Waals surface area contributed by atoms with Crippen LogP contribution in [0, 0.1) is 0 Å². The van der Waals surface area contributed by atoms with Crippen molar-refractivity contribution < 1.29 is 5.11 Å². The molecule has 0 bridgehead atoms. The van der Waals surface area contributed by atoms with E-state index in [1.807, 2.05) is 18.2 Å². The minimum absolute atomic E-state index is 0.319. The lowest BCUT2D eigenvalue weighted by atomic mass is 10.1. The summed E-state index contributed by atoms with van der Waals surface area (Å²) in [7, 11) is 2.10. The van der Waals surface area contributed by atoms with Gasteiger partial charge in [-0.25, -0.2) is 0 Å². The van der Waals surface area contributed by atoms with Crippen molar-refractivity contribution in [2.24, 2.45) is 7.05 Å². The molecule has 0 amide bonds. The SMILES string of the molecule is Cn1c(-c2cccc(O)c2)cc2c1CCNC2. The molecule has 1 aliphatic heterocycles. The fraction of sp³-hybridized carbons (Fsp3) is 0.286. The summed E-state index contributed by atoms with van der Waals surface area (Å²) in [5.41, 5.74) is 5.02. The summed E-state index contributed by atoms with van der Waals surface area (Å²) in [5.74, 6) is 0.319. The highest BCUT2D eigenvalue weighted by molar-refractivity contribution is 5.64. The van der Waals surface area contributed by atoms with Crippen LogP contribution in [0.5, 0.6) is 5.75 Å². The summed E-state index contributed by atoms with van der Waals surface area (Å²) in [5, 5.41) is 12.9. The van der Waals surface area contributed by atoms with E-state index in [1.165, 1.54) is 17.0 Å². The van der Waals surface area contributed by atoms with Gasteiger partial charge < -0.3 is 15.0 Å². The first-order valence-electron chi connectivity index (χ1n) is 5.93. The van der Waals surface area contributed by atoms with Crippen molar-refractivity contribution in [3.05, 3.63) is 41.6 Å². The van der Waals surface area contributed by atoms with Crippen LogP contribution in [-0.2, 0) is 20.0 Å². The lowest BCUT2D eigenvalue weighted by Gasteiger charge is -2.14. The fourth-order valence-corrected chi connectivity index (χ4v) is 2.56. The summed E-state index contributed by atoms with van der Waals surface area (Å²) in [6.07, 6.45) is 1.07. The van der Waals surface area contributed by atoms with E-state index in [9.17, 15) is 5.11 Å². The van der Waals surface area contributed by atoms with Gasteiger partial charge >= 0.3 is 0 Å². The van der Waals surface area contributed by atoms with E-state index >= 15 is 0 Å². The fourth-order valence-electron chi connectivity index (χ4n) is 2.56. The normalized spacial score (nSPS) is 14.6. The smallest absolute Gasteiger partial charge is 0.116 e. The topological polar surface area (TPSA) is 37.2 Å². The number of phenolic OH excluding ortho intramolecular Hbond substituents is 1. The molecule has 0 fully saturated rings. The van der Waals surface area contributed by atoms with Crippen LogP contribution in [0.1, 0.15) is 11.3 Å². The van der Waals surface area contributed by atoms with E-state index in [0.29, 0.717) is 5.75 Å². The summed E-state index contributed by atoms with van der Waals surface area (Å²) >= 11 is 0. The highest BCUT2D eigenvalue weighted by Crippen LogP contribution is 2.28. The Kier molecular flexibility index (Phi) is 2.41. The highest BCUT2D eigenvalue weighted by Gasteiger charge is 2.16. The van der Waals surface area contributed by atoms with Crippen LogP contribution in [0.3, 0.4) is 0 Å². The standard InChI is InChI=1S/C14H16N2O/c1-16-13-5-6-15-9-11(13)8-14(16)10-3-2-4-12(17)7-10/h2-4,7-8,15,17H,5-6,9H2,1H3. The number of hydrogen-bond donors (Lipinski definition) is 2. The lowest BCUT2D eigenvalue weighted by molar-refractivity contribution is 0.475. The molecule has 3 rings (SSSR count). The third-order valence-electron chi connectivity index (χ3n) is 3.44. The molecule has 1 aliphatic rings. The number of nitrogens with one attached hydrogen (secondary N) is 1. The Balaban J connectivity index is 2.12. The van der Waals surface area contributed by atoms with Crippen molar-refractivity contribution in [1.82, 2.24) is 9.88 Å². The first-order valence-corrected chi connectivity index (χ1v) is 5.93. The zero-order valence-electron chi connectivity index (χ0n) is 9.90. The first kappa shape index (κ1) is 10.4. The minimum Gasteiger partial charge on any atom is -0.508 e. The second kappa shape index (κ2) is 3.93. The van der Waals surface area contributed by atoms with E-state index < -0.39 is 0 Å². The molecule has 1 aromatic carbocycles. The summed E-state index contributed by atoms with van der Waals surface area (Å²) in [4.78, 5) is 0. The summed E-state index contributed by atoms with van der Waals surface area (Å²) in [6.45, 7) is 1.99. The largest absolute Gasteiger partial charge is 0.508 e. The van der Waals surface area contributed by atoms with E-state index in [1.54, 1.807) is 6.07 Å². The van der Waals surface area contributed by atoms with Crippen molar-refractivity contribution >= 4 is 0 Å². The van der Waals surface area contributed by atoms with Crippen molar-refractivity contribution in [3.8, 4) is 17.0 Å². The Morgan fingerprint density at radius 1 is 1.29 bits per heavy atom. The molecular formula is C14H16N2O. The summed E-state index contributed by atoms with van der Waals surface area (Å²) in [6, 6.07) is 9.65.